The predicted molar refractivity (Wildman–Crippen MR) is 72.1 cm³/mol. The van der Waals surface area contributed by atoms with E-state index in [1.165, 1.54) is 0 Å². The molecule has 20 heavy (non-hydrogen) atoms. The van der Waals surface area contributed by atoms with Crippen molar-refractivity contribution in [2.75, 3.05) is 0 Å². The Bertz CT molecular complexity index is 586. The van der Waals surface area contributed by atoms with E-state index in [9.17, 15) is 4.79 Å². The van der Waals surface area contributed by atoms with E-state index >= 15 is 0 Å². The van der Waals surface area contributed by atoms with Gasteiger partial charge in [0.15, 0.2) is 5.82 Å². The lowest BCUT2D eigenvalue weighted by Crippen LogP contribution is -2.21. The van der Waals surface area contributed by atoms with Gasteiger partial charge in [-0.25, -0.2) is 0 Å². The first-order valence-electron chi connectivity index (χ1n) is 6.86. The fraction of sp³-hybridized carbons (Fsp3) is 0.400. The molecule has 1 aromatic carbocycles. The zero-order chi connectivity index (χ0) is 13.9. The summed E-state index contributed by atoms with van der Waals surface area (Å²) in [5, 5.41) is 13.1. The second-order valence-electron chi connectivity index (χ2n) is 5.21. The molecule has 0 bridgehead atoms. The molecular formula is C15H16N2O3. The van der Waals surface area contributed by atoms with Crippen molar-refractivity contribution in [3.63, 3.8) is 0 Å². The number of aromatic nitrogens is 2. The summed E-state index contributed by atoms with van der Waals surface area (Å²) >= 11 is 0. The zero-order valence-electron chi connectivity index (χ0n) is 11.0. The van der Waals surface area contributed by atoms with Crippen molar-refractivity contribution in [1.82, 2.24) is 10.1 Å². The first-order chi connectivity index (χ1) is 9.74. The van der Waals surface area contributed by atoms with Crippen molar-refractivity contribution < 1.29 is 14.4 Å². The molecule has 104 valence electrons. The Morgan fingerprint density at radius 2 is 1.85 bits per heavy atom. The average Bonchev–Trinajstić information content (AvgIpc) is 2.98. The summed E-state index contributed by atoms with van der Waals surface area (Å²) in [5.74, 6) is 0.536. The van der Waals surface area contributed by atoms with Crippen molar-refractivity contribution >= 4 is 5.97 Å². The summed E-state index contributed by atoms with van der Waals surface area (Å²) in [4.78, 5) is 15.4. The maximum absolute atomic E-state index is 10.9. The SMILES string of the molecule is O=C(O)[C@H]1CC[C@H](c2noc(-c3ccccc3)n2)CC1. The number of carbonyl (C=O) groups is 1. The van der Waals surface area contributed by atoms with Crippen molar-refractivity contribution in [2.45, 2.75) is 31.6 Å². The van der Waals surface area contributed by atoms with Crippen LogP contribution < -0.4 is 0 Å². The molecule has 0 saturated heterocycles. The molecular weight excluding hydrogens is 256 g/mol. The largest absolute Gasteiger partial charge is 0.481 e. The molecule has 1 fully saturated rings. The molecule has 0 spiro atoms. The van der Waals surface area contributed by atoms with Crippen LogP contribution in [0, 0.1) is 5.92 Å². The monoisotopic (exact) mass is 272 g/mol. The van der Waals surface area contributed by atoms with Crippen LogP contribution in [-0.4, -0.2) is 21.2 Å². The Kier molecular flexibility index (Phi) is 3.50. The van der Waals surface area contributed by atoms with Crippen LogP contribution in [0.5, 0.6) is 0 Å². The smallest absolute Gasteiger partial charge is 0.306 e. The lowest BCUT2D eigenvalue weighted by molar-refractivity contribution is -0.142. The van der Waals surface area contributed by atoms with E-state index in [1.807, 2.05) is 30.3 Å². The molecule has 2 aromatic rings. The Hall–Kier alpha value is -2.17. The summed E-state index contributed by atoms with van der Waals surface area (Å²) in [7, 11) is 0. The minimum atomic E-state index is -0.693. The highest BCUT2D eigenvalue weighted by Gasteiger charge is 2.29. The second kappa shape index (κ2) is 5.45. The van der Waals surface area contributed by atoms with Gasteiger partial charge in [-0.2, -0.15) is 4.98 Å². The fourth-order valence-electron chi connectivity index (χ4n) is 2.70. The standard InChI is InChI=1S/C15H16N2O3/c18-15(19)12-8-6-10(7-9-12)13-16-14(20-17-13)11-4-2-1-3-5-11/h1-5,10,12H,6-9H2,(H,18,19)/t10-,12-. The van der Waals surface area contributed by atoms with Crippen LogP contribution in [0.15, 0.2) is 34.9 Å². The van der Waals surface area contributed by atoms with Gasteiger partial charge >= 0.3 is 5.97 Å². The van der Waals surface area contributed by atoms with Gasteiger partial charge < -0.3 is 9.63 Å². The topological polar surface area (TPSA) is 76.2 Å². The second-order valence-corrected chi connectivity index (χ2v) is 5.21. The lowest BCUT2D eigenvalue weighted by atomic mass is 9.82. The normalized spacial score (nSPS) is 22.6. The van der Waals surface area contributed by atoms with E-state index in [0.29, 0.717) is 24.6 Å². The molecule has 0 aliphatic heterocycles. The number of benzene rings is 1. The van der Waals surface area contributed by atoms with Gasteiger partial charge in [-0.15, -0.1) is 0 Å². The summed E-state index contributed by atoms with van der Waals surface area (Å²) in [6.07, 6.45) is 3.00. The Labute approximate surface area is 116 Å². The number of carboxylic acids is 1. The maximum atomic E-state index is 10.9. The quantitative estimate of drug-likeness (QED) is 0.929. The third kappa shape index (κ3) is 2.57. The van der Waals surface area contributed by atoms with Gasteiger partial charge in [-0.05, 0) is 37.8 Å². The summed E-state index contributed by atoms with van der Waals surface area (Å²) in [6, 6.07) is 9.65. The molecule has 1 N–H and O–H groups in total. The highest BCUT2D eigenvalue weighted by molar-refractivity contribution is 5.70. The van der Waals surface area contributed by atoms with E-state index in [2.05, 4.69) is 10.1 Å². The molecule has 1 aliphatic rings. The summed E-state index contributed by atoms with van der Waals surface area (Å²) in [6.45, 7) is 0. The number of aliphatic carboxylic acids is 1. The number of hydrogen-bond donors (Lipinski definition) is 1. The maximum Gasteiger partial charge on any atom is 0.306 e. The average molecular weight is 272 g/mol. The van der Waals surface area contributed by atoms with E-state index in [1.54, 1.807) is 0 Å². The Morgan fingerprint density at radius 1 is 1.15 bits per heavy atom. The molecule has 3 rings (SSSR count). The molecule has 1 aromatic heterocycles. The number of hydrogen-bond acceptors (Lipinski definition) is 4. The van der Waals surface area contributed by atoms with E-state index in [4.69, 9.17) is 9.63 Å². The number of nitrogens with zero attached hydrogens (tertiary/aromatic N) is 2. The van der Waals surface area contributed by atoms with Crippen LogP contribution >= 0.6 is 0 Å². The van der Waals surface area contributed by atoms with E-state index in [0.717, 1.165) is 18.4 Å². The molecule has 0 amide bonds. The van der Waals surface area contributed by atoms with Gasteiger partial charge in [0.25, 0.3) is 5.89 Å². The van der Waals surface area contributed by atoms with Gasteiger partial charge in [0.1, 0.15) is 0 Å². The third-order valence-corrected chi connectivity index (χ3v) is 3.90. The fourth-order valence-corrected chi connectivity index (χ4v) is 2.70. The molecule has 1 saturated carbocycles. The highest BCUT2D eigenvalue weighted by Crippen LogP contribution is 2.35. The minimum absolute atomic E-state index is 0.215. The van der Waals surface area contributed by atoms with Crippen molar-refractivity contribution in [3.8, 4) is 11.5 Å². The van der Waals surface area contributed by atoms with Crippen molar-refractivity contribution in [1.29, 1.82) is 0 Å². The molecule has 5 nitrogen and oxygen atoms in total. The van der Waals surface area contributed by atoms with Crippen LogP contribution in [-0.2, 0) is 4.79 Å². The van der Waals surface area contributed by atoms with Crippen LogP contribution in [0.2, 0.25) is 0 Å². The lowest BCUT2D eigenvalue weighted by Gasteiger charge is -2.23. The molecule has 1 heterocycles. The first kappa shape index (κ1) is 12.8. The Morgan fingerprint density at radius 3 is 2.50 bits per heavy atom. The molecule has 5 heteroatoms. The van der Waals surface area contributed by atoms with Gasteiger partial charge in [-0.1, -0.05) is 23.4 Å². The van der Waals surface area contributed by atoms with E-state index < -0.39 is 5.97 Å². The third-order valence-electron chi connectivity index (χ3n) is 3.90. The molecule has 1 aliphatic carbocycles. The Balaban J connectivity index is 1.71. The van der Waals surface area contributed by atoms with E-state index in [-0.39, 0.29) is 11.8 Å². The predicted octanol–water partition coefficient (Wildman–Crippen LogP) is 3.10. The molecule has 0 radical (unpaired) electrons. The number of rotatable bonds is 3. The number of carboxylic acid groups (broad SMARTS) is 1. The minimum Gasteiger partial charge on any atom is -0.481 e. The van der Waals surface area contributed by atoms with Crippen LogP contribution in [0.25, 0.3) is 11.5 Å². The highest BCUT2D eigenvalue weighted by atomic mass is 16.5. The van der Waals surface area contributed by atoms with Gasteiger partial charge in [0.2, 0.25) is 0 Å². The van der Waals surface area contributed by atoms with Gasteiger partial charge in [0, 0.05) is 11.5 Å². The van der Waals surface area contributed by atoms with Gasteiger partial charge in [0.05, 0.1) is 5.92 Å². The first-order valence-corrected chi connectivity index (χ1v) is 6.86. The van der Waals surface area contributed by atoms with Gasteiger partial charge in [-0.3, -0.25) is 4.79 Å². The van der Waals surface area contributed by atoms with Crippen molar-refractivity contribution in [2.24, 2.45) is 5.92 Å². The summed E-state index contributed by atoms with van der Waals surface area (Å²) < 4.78 is 5.30. The molecule has 0 atom stereocenters. The van der Waals surface area contributed by atoms with Crippen LogP contribution in [0.4, 0.5) is 0 Å². The van der Waals surface area contributed by atoms with Crippen molar-refractivity contribution in [3.05, 3.63) is 36.2 Å². The molecule has 0 unspecified atom stereocenters. The zero-order valence-corrected chi connectivity index (χ0v) is 11.0. The van der Waals surface area contributed by atoms with Crippen LogP contribution in [0.3, 0.4) is 0 Å². The van der Waals surface area contributed by atoms with Crippen LogP contribution in [0.1, 0.15) is 37.4 Å². The summed E-state index contributed by atoms with van der Waals surface area (Å²) in [5.41, 5.74) is 0.908.